The average Bonchev–Trinajstić information content (AvgIpc) is 1.98. The van der Waals surface area contributed by atoms with E-state index in [1.807, 2.05) is 0 Å². The normalized spacial score (nSPS) is 10.9. The first-order valence-corrected chi connectivity index (χ1v) is 2.96. The number of carbonyl (C=O) groups excluding carboxylic acids is 2. The van der Waals surface area contributed by atoms with Crippen LogP contribution in [0, 0.1) is 0 Å². The summed E-state index contributed by atoms with van der Waals surface area (Å²) < 4.78 is 0. The van der Waals surface area contributed by atoms with Gasteiger partial charge in [0.1, 0.15) is 5.57 Å². The molecule has 0 aromatic rings. The van der Waals surface area contributed by atoms with Gasteiger partial charge in [0.25, 0.3) is 0 Å². The van der Waals surface area contributed by atoms with Gasteiger partial charge in [-0.2, -0.15) is 0 Å². The van der Waals surface area contributed by atoms with Crippen LogP contribution >= 0.6 is 0 Å². The van der Waals surface area contributed by atoms with E-state index in [-0.39, 0.29) is 0 Å². The van der Waals surface area contributed by atoms with E-state index < -0.39 is 29.8 Å². The molecular formula is C6H8N2O4. The predicted molar refractivity (Wildman–Crippen MR) is 39.0 cm³/mol. The second-order valence-corrected chi connectivity index (χ2v) is 1.89. The van der Waals surface area contributed by atoms with Gasteiger partial charge in [-0.15, -0.1) is 0 Å². The summed E-state index contributed by atoms with van der Waals surface area (Å²) in [5.41, 5.74) is 8.84. The highest BCUT2D eigenvalue weighted by molar-refractivity contribution is 6.20. The molecule has 0 unspecified atom stereocenters. The van der Waals surface area contributed by atoms with Gasteiger partial charge in [0, 0.05) is 6.08 Å². The van der Waals surface area contributed by atoms with Crippen molar-refractivity contribution in [2.75, 3.05) is 6.54 Å². The van der Waals surface area contributed by atoms with Gasteiger partial charge in [-0.25, -0.2) is 4.79 Å². The molecule has 0 aliphatic carbocycles. The minimum Gasteiger partial charge on any atom is -0.478 e. The van der Waals surface area contributed by atoms with Gasteiger partial charge in [-0.1, -0.05) is 0 Å². The molecule has 0 saturated carbocycles. The first kappa shape index (κ1) is 10.3. The third-order valence-corrected chi connectivity index (χ3v) is 1.00. The van der Waals surface area contributed by atoms with Crippen molar-refractivity contribution in [3.8, 4) is 0 Å². The topological polar surface area (TPSA) is 123 Å². The van der Waals surface area contributed by atoms with Crippen molar-refractivity contribution < 1.29 is 19.5 Å². The van der Waals surface area contributed by atoms with E-state index in [0.717, 1.165) is 0 Å². The second kappa shape index (κ2) is 4.24. The van der Waals surface area contributed by atoms with E-state index in [1.165, 1.54) is 0 Å². The number of ketones is 1. The molecular weight excluding hydrogens is 164 g/mol. The second-order valence-electron chi connectivity index (χ2n) is 1.89. The Morgan fingerprint density at radius 3 is 2.08 bits per heavy atom. The van der Waals surface area contributed by atoms with E-state index in [2.05, 4.69) is 5.73 Å². The van der Waals surface area contributed by atoms with Crippen molar-refractivity contribution in [2.24, 2.45) is 11.5 Å². The fraction of sp³-hybridized carbons (Fsp3) is 0.167. The lowest BCUT2D eigenvalue weighted by molar-refractivity contribution is -0.134. The van der Waals surface area contributed by atoms with E-state index >= 15 is 0 Å². The van der Waals surface area contributed by atoms with E-state index in [0.29, 0.717) is 6.08 Å². The molecule has 0 aliphatic rings. The van der Waals surface area contributed by atoms with Crippen LogP contribution in [0.2, 0.25) is 0 Å². The van der Waals surface area contributed by atoms with E-state index in [9.17, 15) is 14.4 Å². The van der Waals surface area contributed by atoms with Crippen molar-refractivity contribution in [2.45, 2.75) is 0 Å². The molecule has 0 spiro atoms. The molecule has 0 rings (SSSR count). The van der Waals surface area contributed by atoms with Crippen LogP contribution in [0.4, 0.5) is 0 Å². The Labute approximate surface area is 67.8 Å². The van der Waals surface area contributed by atoms with Crippen LogP contribution in [0.5, 0.6) is 0 Å². The zero-order chi connectivity index (χ0) is 9.72. The number of rotatable bonds is 4. The lowest BCUT2D eigenvalue weighted by atomic mass is 10.1. The fourth-order valence-corrected chi connectivity index (χ4v) is 0.514. The Hall–Kier alpha value is -1.69. The molecule has 0 atom stereocenters. The Bertz CT molecular complexity index is 256. The minimum absolute atomic E-state index is 0.467. The summed E-state index contributed by atoms with van der Waals surface area (Å²) in [6.45, 7) is -0.467. The summed E-state index contributed by atoms with van der Waals surface area (Å²) in [5, 5.41) is 8.37. The molecule has 0 radical (unpaired) electrons. The van der Waals surface area contributed by atoms with Crippen LogP contribution < -0.4 is 11.5 Å². The maximum absolute atomic E-state index is 10.7. The smallest absolute Gasteiger partial charge is 0.339 e. The summed E-state index contributed by atoms with van der Waals surface area (Å²) in [4.78, 5) is 31.2. The van der Waals surface area contributed by atoms with E-state index in [4.69, 9.17) is 10.8 Å². The number of carboxylic acids is 1. The fourth-order valence-electron chi connectivity index (χ4n) is 0.514. The number of nitrogens with two attached hydrogens (primary N) is 2. The molecule has 5 N–H and O–H groups in total. The number of Topliss-reactive ketones (excluding diaryl/α,β-unsaturated/α-hetero) is 1. The summed E-state index contributed by atoms with van der Waals surface area (Å²) >= 11 is 0. The molecule has 0 fully saturated rings. The third kappa shape index (κ3) is 2.93. The lowest BCUT2D eigenvalue weighted by Crippen LogP contribution is -2.23. The quantitative estimate of drug-likeness (QED) is 0.257. The maximum atomic E-state index is 10.7. The predicted octanol–water partition coefficient (Wildman–Crippen LogP) is -1.99. The van der Waals surface area contributed by atoms with Crippen molar-refractivity contribution >= 4 is 17.7 Å². The molecule has 0 aromatic carbocycles. The van der Waals surface area contributed by atoms with Crippen LogP contribution in [-0.4, -0.2) is 29.3 Å². The third-order valence-electron chi connectivity index (χ3n) is 1.00. The zero-order valence-electron chi connectivity index (χ0n) is 6.11. The highest BCUT2D eigenvalue weighted by atomic mass is 16.4. The molecule has 6 nitrogen and oxygen atoms in total. The zero-order valence-corrected chi connectivity index (χ0v) is 6.11. The van der Waals surface area contributed by atoms with Crippen molar-refractivity contribution in [1.29, 1.82) is 0 Å². The SMILES string of the molecule is NCC(=O)/C(=C/C(N)=O)C(=O)O. The summed E-state index contributed by atoms with van der Waals surface area (Å²) in [5.74, 6) is -3.33. The van der Waals surface area contributed by atoms with Crippen molar-refractivity contribution in [3.63, 3.8) is 0 Å². The van der Waals surface area contributed by atoms with Gasteiger partial charge < -0.3 is 16.6 Å². The summed E-state index contributed by atoms with van der Waals surface area (Å²) in [7, 11) is 0. The first-order valence-electron chi connectivity index (χ1n) is 2.96. The number of amides is 1. The Morgan fingerprint density at radius 2 is 1.83 bits per heavy atom. The number of hydrogen-bond acceptors (Lipinski definition) is 4. The largest absolute Gasteiger partial charge is 0.478 e. The Balaban J connectivity index is 4.79. The summed E-state index contributed by atoms with van der Waals surface area (Å²) in [6, 6.07) is 0. The van der Waals surface area contributed by atoms with Crippen LogP contribution in [-0.2, 0) is 14.4 Å². The molecule has 1 amide bonds. The number of hydrogen-bond donors (Lipinski definition) is 3. The van der Waals surface area contributed by atoms with Gasteiger partial charge in [0.05, 0.1) is 6.54 Å². The molecule has 0 heterocycles. The van der Waals surface area contributed by atoms with E-state index in [1.54, 1.807) is 0 Å². The molecule has 12 heavy (non-hydrogen) atoms. The molecule has 0 saturated heterocycles. The van der Waals surface area contributed by atoms with Crippen LogP contribution in [0.25, 0.3) is 0 Å². The molecule has 0 aromatic heterocycles. The first-order chi connectivity index (χ1) is 5.49. The Morgan fingerprint density at radius 1 is 1.33 bits per heavy atom. The molecule has 6 heteroatoms. The molecule has 66 valence electrons. The maximum Gasteiger partial charge on any atom is 0.339 e. The summed E-state index contributed by atoms with van der Waals surface area (Å²) in [6.07, 6.45) is 0.539. The van der Waals surface area contributed by atoms with Crippen molar-refractivity contribution in [3.05, 3.63) is 11.6 Å². The van der Waals surface area contributed by atoms with Gasteiger partial charge in [0.15, 0.2) is 5.78 Å². The number of carbonyl (C=O) groups is 3. The average molecular weight is 172 g/mol. The molecule has 0 bridgehead atoms. The van der Waals surface area contributed by atoms with Gasteiger partial charge >= 0.3 is 5.97 Å². The lowest BCUT2D eigenvalue weighted by Gasteiger charge is -1.95. The minimum atomic E-state index is -1.51. The standard InChI is InChI=1S/C6H8N2O4/c7-2-4(9)3(6(11)12)1-5(8)10/h1H,2,7H2,(H2,8,10)(H,11,12)/b3-1-. The van der Waals surface area contributed by atoms with Crippen molar-refractivity contribution in [1.82, 2.24) is 0 Å². The van der Waals surface area contributed by atoms with Crippen LogP contribution in [0.15, 0.2) is 11.6 Å². The van der Waals surface area contributed by atoms with Crippen LogP contribution in [0.3, 0.4) is 0 Å². The number of carboxylic acid groups (broad SMARTS) is 1. The number of aliphatic carboxylic acids is 1. The monoisotopic (exact) mass is 172 g/mol. The Kier molecular flexibility index (Phi) is 3.65. The highest BCUT2D eigenvalue weighted by Crippen LogP contribution is 1.94. The molecule has 0 aliphatic heterocycles. The number of primary amides is 1. The van der Waals surface area contributed by atoms with Gasteiger partial charge in [-0.3, -0.25) is 9.59 Å². The van der Waals surface area contributed by atoms with Gasteiger partial charge in [0.2, 0.25) is 5.91 Å². The van der Waals surface area contributed by atoms with Crippen LogP contribution in [0.1, 0.15) is 0 Å². The van der Waals surface area contributed by atoms with Gasteiger partial charge in [-0.05, 0) is 0 Å². The highest BCUT2D eigenvalue weighted by Gasteiger charge is 2.16.